The Kier molecular flexibility index (Phi) is 6.44. The van der Waals surface area contributed by atoms with E-state index in [9.17, 15) is 13.2 Å². The second-order valence-electron chi connectivity index (χ2n) is 4.50. The average Bonchev–Trinajstić information content (AvgIpc) is 2.39. The molecule has 0 aromatic heterocycles. The van der Waals surface area contributed by atoms with Gasteiger partial charge in [0, 0.05) is 0 Å². The van der Waals surface area contributed by atoms with Crippen LogP contribution in [0.1, 0.15) is 24.2 Å². The Balaban J connectivity index is 2.85. The first-order valence-electron chi connectivity index (χ1n) is 6.25. The molecule has 1 rings (SSSR count). The van der Waals surface area contributed by atoms with Gasteiger partial charge in [-0.25, -0.2) is 13.2 Å². The van der Waals surface area contributed by atoms with Crippen molar-refractivity contribution < 1.29 is 22.7 Å². The fourth-order valence-electron chi connectivity index (χ4n) is 1.49. The van der Waals surface area contributed by atoms with E-state index in [-0.39, 0.29) is 34.7 Å². The molecule has 21 heavy (non-hydrogen) atoms. The summed E-state index contributed by atoms with van der Waals surface area (Å²) in [6, 6.07) is 4.43. The summed E-state index contributed by atoms with van der Waals surface area (Å²) in [5, 5.41) is -0.00213. The lowest BCUT2D eigenvalue weighted by Gasteiger charge is -2.12. The second kappa shape index (κ2) is 7.63. The number of hydrogen-bond donors (Lipinski definition) is 1. The van der Waals surface area contributed by atoms with E-state index in [0.717, 1.165) is 0 Å². The number of benzene rings is 1. The largest absolute Gasteiger partial charge is 0.465 e. The van der Waals surface area contributed by atoms with E-state index in [1.165, 1.54) is 25.3 Å². The van der Waals surface area contributed by atoms with Crippen molar-refractivity contribution in [1.29, 1.82) is 0 Å². The second-order valence-corrected chi connectivity index (χ2v) is 6.72. The number of anilines is 1. The molecular weight excluding hydrogens is 318 g/mol. The molecule has 0 radical (unpaired) electrons. The van der Waals surface area contributed by atoms with Crippen LogP contribution in [-0.4, -0.2) is 40.0 Å². The molecule has 118 valence electrons. The number of halogens is 1. The maximum atomic E-state index is 11.9. The predicted molar refractivity (Wildman–Crippen MR) is 81.3 cm³/mol. The van der Waals surface area contributed by atoms with Gasteiger partial charge in [0.15, 0.2) is 0 Å². The van der Waals surface area contributed by atoms with E-state index in [1.54, 1.807) is 0 Å². The van der Waals surface area contributed by atoms with Crippen LogP contribution in [0.4, 0.5) is 5.69 Å². The quantitative estimate of drug-likeness (QED) is 0.773. The van der Waals surface area contributed by atoms with Crippen LogP contribution in [-0.2, 0) is 19.5 Å². The number of methoxy groups -OCH3 is 1. The van der Waals surface area contributed by atoms with E-state index in [1.807, 2.05) is 13.8 Å². The summed E-state index contributed by atoms with van der Waals surface area (Å²) in [6.45, 7) is 3.70. The van der Waals surface area contributed by atoms with E-state index in [4.69, 9.17) is 16.3 Å². The highest BCUT2D eigenvalue weighted by molar-refractivity contribution is 7.92. The zero-order chi connectivity index (χ0) is 16.0. The Bertz CT molecular complexity index is 601. The van der Waals surface area contributed by atoms with Crippen molar-refractivity contribution in [3.8, 4) is 0 Å². The molecule has 0 aliphatic carbocycles. The SMILES string of the molecule is COC(=O)c1cccc(NS(=O)(=O)CCOC(C)C)c1Cl. The number of hydrogen-bond acceptors (Lipinski definition) is 5. The number of carbonyl (C=O) groups is 1. The lowest BCUT2D eigenvalue weighted by molar-refractivity contribution is 0.0601. The van der Waals surface area contributed by atoms with Gasteiger partial charge < -0.3 is 9.47 Å². The Morgan fingerprint density at radius 3 is 2.62 bits per heavy atom. The standard InChI is InChI=1S/C13H18ClNO5S/c1-9(2)20-7-8-21(17,18)15-11-6-4-5-10(12(11)14)13(16)19-3/h4-6,9,15H,7-8H2,1-3H3. The zero-order valence-electron chi connectivity index (χ0n) is 12.1. The zero-order valence-corrected chi connectivity index (χ0v) is 13.6. The lowest BCUT2D eigenvalue weighted by atomic mass is 10.2. The van der Waals surface area contributed by atoms with Gasteiger partial charge in [-0.3, -0.25) is 4.72 Å². The van der Waals surface area contributed by atoms with Crippen LogP contribution < -0.4 is 4.72 Å². The first-order chi connectivity index (χ1) is 9.76. The van der Waals surface area contributed by atoms with E-state index < -0.39 is 16.0 Å². The van der Waals surface area contributed by atoms with E-state index >= 15 is 0 Å². The molecule has 0 aliphatic heterocycles. The third-order valence-corrected chi connectivity index (χ3v) is 4.11. The third-order valence-electron chi connectivity index (χ3n) is 2.47. The Hall–Kier alpha value is -1.31. The highest BCUT2D eigenvalue weighted by Gasteiger charge is 2.17. The highest BCUT2D eigenvalue weighted by Crippen LogP contribution is 2.27. The summed E-state index contributed by atoms with van der Waals surface area (Å²) in [7, 11) is -2.39. The molecule has 6 nitrogen and oxygen atoms in total. The Morgan fingerprint density at radius 1 is 1.38 bits per heavy atom. The summed E-state index contributed by atoms with van der Waals surface area (Å²) in [5.74, 6) is -0.839. The number of nitrogens with one attached hydrogen (secondary N) is 1. The topological polar surface area (TPSA) is 81.7 Å². The minimum atomic E-state index is -3.61. The van der Waals surface area contributed by atoms with Gasteiger partial charge in [-0.15, -0.1) is 0 Å². The number of ether oxygens (including phenoxy) is 2. The average molecular weight is 336 g/mol. The van der Waals surface area contributed by atoms with Gasteiger partial charge in [0.05, 0.1) is 41.8 Å². The Morgan fingerprint density at radius 2 is 2.05 bits per heavy atom. The number of rotatable bonds is 7. The van der Waals surface area contributed by atoms with Crippen molar-refractivity contribution in [2.75, 3.05) is 24.2 Å². The minimum Gasteiger partial charge on any atom is -0.465 e. The molecule has 0 spiro atoms. The summed E-state index contributed by atoms with van der Waals surface area (Å²) in [6.07, 6.45) is -0.0496. The summed E-state index contributed by atoms with van der Waals surface area (Å²) < 4.78 is 35.9. The molecule has 1 aromatic rings. The van der Waals surface area contributed by atoms with Gasteiger partial charge in [0.25, 0.3) is 0 Å². The molecule has 8 heteroatoms. The van der Waals surface area contributed by atoms with Crippen LogP contribution in [0.3, 0.4) is 0 Å². The normalized spacial score (nSPS) is 11.5. The molecule has 1 N–H and O–H groups in total. The summed E-state index contributed by atoms with van der Waals surface area (Å²) >= 11 is 6.01. The molecule has 0 aliphatic rings. The maximum absolute atomic E-state index is 11.9. The van der Waals surface area contributed by atoms with Crippen LogP contribution in [0.5, 0.6) is 0 Å². The van der Waals surface area contributed by atoms with Crippen LogP contribution in [0, 0.1) is 0 Å². The van der Waals surface area contributed by atoms with Crippen molar-refractivity contribution in [1.82, 2.24) is 0 Å². The van der Waals surface area contributed by atoms with Crippen molar-refractivity contribution >= 4 is 33.3 Å². The van der Waals surface area contributed by atoms with Gasteiger partial charge in [-0.2, -0.15) is 0 Å². The molecule has 0 bridgehead atoms. The molecule has 1 aromatic carbocycles. The molecule has 0 amide bonds. The van der Waals surface area contributed by atoms with Gasteiger partial charge in [-0.1, -0.05) is 17.7 Å². The molecule has 0 atom stereocenters. The summed E-state index contributed by atoms with van der Waals surface area (Å²) in [4.78, 5) is 11.5. The fourth-order valence-corrected chi connectivity index (χ4v) is 2.72. The van der Waals surface area contributed by atoms with Gasteiger partial charge in [0.2, 0.25) is 10.0 Å². The van der Waals surface area contributed by atoms with Crippen molar-refractivity contribution in [2.24, 2.45) is 0 Å². The number of esters is 1. The van der Waals surface area contributed by atoms with E-state index in [2.05, 4.69) is 9.46 Å². The minimum absolute atomic E-state index is 0.00213. The molecule has 0 saturated heterocycles. The van der Waals surface area contributed by atoms with Crippen LogP contribution in [0.15, 0.2) is 18.2 Å². The number of carbonyl (C=O) groups excluding carboxylic acids is 1. The highest BCUT2D eigenvalue weighted by atomic mass is 35.5. The first kappa shape index (κ1) is 17.7. The van der Waals surface area contributed by atoms with Crippen LogP contribution in [0.25, 0.3) is 0 Å². The van der Waals surface area contributed by atoms with Crippen LogP contribution in [0.2, 0.25) is 5.02 Å². The third kappa shape index (κ3) is 5.53. The number of sulfonamides is 1. The Labute approximate surface area is 129 Å². The van der Waals surface area contributed by atoms with Crippen molar-refractivity contribution in [3.63, 3.8) is 0 Å². The molecule has 0 heterocycles. The predicted octanol–water partition coefficient (Wildman–Crippen LogP) is 2.29. The van der Waals surface area contributed by atoms with E-state index in [0.29, 0.717) is 0 Å². The van der Waals surface area contributed by atoms with Crippen LogP contribution >= 0.6 is 11.6 Å². The monoisotopic (exact) mass is 335 g/mol. The molecule has 0 saturated carbocycles. The fraction of sp³-hybridized carbons (Fsp3) is 0.462. The molecule has 0 unspecified atom stereocenters. The molecular formula is C13H18ClNO5S. The van der Waals surface area contributed by atoms with Gasteiger partial charge in [0.1, 0.15) is 0 Å². The van der Waals surface area contributed by atoms with Gasteiger partial charge in [-0.05, 0) is 26.0 Å². The molecule has 0 fully saturated rings. The van der Waals surface area contributed by atoms with Crippen molar-refractivity contribution in [3.05, 3.63) is 28.8 Å². The summed E-state index contributed by atoms with van der Waals surface area (Å²) in [5.41, 5.74) is 0.224. The van der Waals surface area contributed by atoms with Gasteiger partial charge >= 0.3 is 5.97 Å². The first-order valence-corrected chi connectivity index (χ1v) is 8.28. The lowest BCUT2D eigenvalue weighted by Crippen LogP contribution is -2.22. The smallest absolute Gasteiger partial charge is 0.339 e. The maximum Gasteiger partial charge on any atom is 0.339 e. The van der Waals surface area contributed by atoms with Crippen molar-refractivity contribution in [2.45, 2.75) is 20.0 Å².